The second-order valence-corrected chi connectivity index (χ2v) is 7.01. The molecule has 27 heavy (non-hydrogen) atoms. The minimum absolute atomic E-state index is 0.300. The van der Waals surface area contributed by atoms with Gasteiger partial charge in [0, 0.05) is 20.1 Å². The topological polar surface area (TPSA) is 92.4 Å². The summed E-state index contributed by atoms with van der Waals surface area (Å²) in [5.41, 5.74) is 2.57. The van der Waals surface area contributed by atoms with Gasteiger partial charge in [0.2, 0.25) is 17.0 Å². The molecule has 3 heterocycles. The quantitative estimate of drug-likeness (QED) is 0.409. The fourth-order valence-corrected chi connectivity index (χ4v) is 4.12. The zero-order valence-electron chi connectivity index (χ0n) is 15.2. The van der Waals surface area contributed by atoms with Gasteiger partial charge in [-0.1, -0.05) is 17.3 Å². The van der Waals surface area contributed by atoms with Crippen molar-refractivity contribution in [3.8, 4) is 11.6 Å². The van der Waals surface area contributed by atoms with Crippen LogP contribution in [-0.4, -0.2) is 26.6 Å². The van der Waals surface area contributed by atoms with Crippen LogP contribution in [-0.2, 0) is 10.3 Å². The molecule has 8 heteroatoms. The molecule has 0 amide bonds. The molecule has 3 aromatic heterocycles. The highest BCUT2D eigenvalue weighted by Gasteiger charge is 2.40. The molecule has 0 atom stereocenters. The number of aryl methyl sites for hydroxylation is 1. The van der Waals surface area contributed by atoms with E-state index in [0.29, 0.717) is 34.1 Å². The Hall–Kier alpha value is -3.00. The van der Waals surface area contributed by atoms with Crippen molar-refractivity contribution in [2.45, 2.75) is 38.2 Å². The molecule has 0 bridgehead atoms. The van der Waals surface area contributed by atoms with Crippen LogP contribution in [0.25, 0.3) is 28.1 Å². The molecule has 0 aliphatic heterocycles. The maximum absolute atomic E-state index is 12.7. The number of nitrogens with zero attached hydrogens (tertiary/aromatic N) is 5. The highest BCUT2D eigenvalue weighted by atomic mass is 16.5. The SMILES string of the molecule is COC1(c2noc(-c3ncn4c3c(C)[n+]([O-])c3ccccc34)n2)CCCC1. The highest BCUT2D eigenvalue weighted by molar-refractivity contribution is 5.82. The van der Waals surface area contributed by atoms with Crippen molar-refractivity contribution in [2.75, 3.05) is 7.11 Å². The van der Waals surface area contributed by atoms with Gasteiger partial charge in [0.05, 0.1) is 0 Å². The van der Waals surface area contributed by atoms with Gasteiger partial charge in [-0.3, -0.25) is 4.40 Å². The van der Waals surface area contributed by atoms with E-state index in [1.807, 2.05) is 22.6 Å². The first-order chi connectivity index (χ1) is 13.1. The zero-order chi connectivity index (χ0) is 18.6. The lowest BCUT2D eigenvalue weighted by atomic mass is 10.0. The van der Waals surface area contributed by atoms with Crippen LogP contribution in [0.1, 0.15) is 37.2 Å². The molecule has 1 aliphatic rings. The number of hydrogen-bond acceptors (Lipinski definition) is 6. The van der Waals surface area contributed by atoms with Gasteiger partial charge < -0.3 is 14.5 Å². The second-order valence-electron chi connectivity index (χ2n) is 7.01. The van der Waals surface area contributed by atoms with E-state index in [0.717, 1.165) is 35.9 Å². The summed E-state index contributed by atoms with van der Waals surface area (Å²) >= 11 is 0. The summed E-state index contributed by atoms with van der Waals surface area (Å²) in [4.78, 5) is 9.07. The monoisotopic (exact) mass is 365 g/mol. The summed E-state index contributed by atoms with van der Waals surface area (Å²) in [5, 5.41) is 16.9. The van der Waals surface area contributed by atoms with Crippen LogP contribution < -0.4 is 4.73 Å². The number of ether oxygens (including phenoxy) is 1. The summed E-state index contributed by atoms with van der Waals surface area (Å²) < 4.78 is 14.1. The standard InChI is InChI=1S/C19H19N5O3/c1-12-16-15(17-21-18(22-27-17)19(26-2)9-5-6-10-19)20-11-23(16)13-7-3-4-8-14(13)24(12)25/h3-4,7-8,11H,5-6,9-10H2,1-2H3. The molecule has 4 aromatic rings. The number of hydrogen-bond donors (Lipinski definition) is 0. The van der Waals surface area contributed by atoms with Gasteiger partial charge in [-0.2, -0.15) is 9.71 Å². The number of rotatable bonds is 3. The third-order valence-electron chi connectivity index (χ3n) is 5.61. The maximum atomic E-state index is 12.7. The highest BCUT2D eigenvalue weighted by Crippen LogP contribution is 2.41. The van der Waals surface area contributed by atoms with Crippen molar-refractivity contribution in [1.29, 1.82) is 0 Å². The van der Waals surface area contributed by atoms with Gasteiger partial charge in [0.1, 0.15) is 23.0 Å². The van der Waals surface area contributed by atoms with E-state index in [1.54, 1.807) is 26.4 Å². The van der Waals surface area contributed by atoms with E-state index in [2.05, 4.69) is 15.1 Å². The summed E-state index contributed by atoms with van der Waals surface area (Å²) in [6.45, 7) is 1.77. The number of aromatic nitrogens is 5. The molecule has 1 aliphatic carbocycles. The summed E-state index contributed by atoms with van der Waals surface area (Å²) in [5.74, 6) is 0.848. The predicted octanol–water partition coefficient (Wildman–Crippen LogP) is 2.90. The Balaban J connectivity index is 1.71. The smallest absolute Gasteiger partial charge is 0.279 e. The van der Waals surface area contributed by atoms with E-state index in [4.69, 9.17) is 9.26 Å². The van der Waals surface area contributed by atoms with Gasteiger partial charge in [0.15, 0.2) is 5.69 Å². The Labute approximate surface area is 155 Å². The number of imidazole rings is 1. The van der Waals surface area contributed by atoms with Crippen molar-refractivity contribution in [3.05, 3.63) is 47.3 Å². The van der Waals surface area contributed by atoms with E-state index < -0.39 is 5.60 Å². The third-order valence-corrected chi connectivity index (χ3v) is 5.61. The molecule has 138 valence electrons. The van der Waals surface area contributed by atoms with Crippen molar-refractivity contribution in [3.63, 3.8) is 0 Å². The van der Waals surface area contributed by atoms with E-state index in [1.165, 1.54) is 0 Å². The van der Waals surface area contributed by atoms with Crippen LogP contribution in [0.15, 0.2) is 35.1 Å². The minimum atomic E-state index is -0.489. The van der Waals surface area contributed by atoms with E-state index >= 15 is 0 Å². The Morgan fingerprint density at radius 2 is 2.04 bits per heavy atom. The Morgan fingerprint density at radius 1 is 1.26 bits per heavy atom. The molecular weight excluding hydrogens is 346 g/mol. The van der Waals surface area contributed by atoms with E-state index in [-0.39, 0.29) is 0 Å². The average molecular weight is 365 g/mol. The summed E-state index contributed by atoms with van der Waals surface area (Å²) in [6.07, 6.45) is 5.58. The van der Waals surface area contributed by atoms with Gasteiger partial charge in [-0.15, -0.1) is 0 Å². The third kappa shape index (κ3) is 2.19. The molecule has 0 unspecified atom stereocenters. The minimum Gasteiger partial charge on any atom is -0.618 e. The first kappa shape index (κ1) is 16.2. The fraction of sp³-hybridized carbons (Fsp3) is 0.368. The molecule has 8 nitrogen and oxygen atoms in total. The van der Waals surface area contributed by atoms with Crippen LogP contribution in [0.4, 0.5) is 0 Å². The molecular formula is C19H19N5O3. The lowest BCUT2D eigenvalue weighted by Gasteiger charge is -2.22. The van der Waals surface area contributed by atoms with E-state index in [9.17, 15) is 5.21 Å². The van der Waals surface area contributed by atoms with Gasteiger partial charge >= 0.3 is 0 Å². The number of fused-ring (bicyclic) bond motifs is 3. The molecule has 1 saturated carbocycles. The number of para-hydroxylation sites is 2. The number of benzene rings is 1. The first-order valence-electron chi connectivity index (χ1n) is 9.02. The second kappa shape index (κ2) is 5.75. The van der Waals surface area contributed by atoms with Crippen molar-refractivity contribution in [1.82, 2.24) is 19.5 Å². The molecule has 5 rings (SSSR count). The molecule has 1 fully saturated rings. The van der Waals surface area contributed by atoms with Crippen LogP contribution in [0, 0.1) is 12.1 Å². The van der Waals surface area contributed by atoms with Crippen molar-refractivity contribution < 1.29 is 14.0 Å². The van der Waals surface area contributed by atoms with Crippen molar-refractivity contribution >= 4 is 16.6 Å². The Kier molecular flexibility index (Phi) is 3.45. The summed E-state index contributed by atoms with van der Waals surface area (Å²) in [6, 6.07) is 7.42. The normalized spacial score (nSPS) is 16.5. The molecule has 1 aromatic carbocycles. The zero-order valence-corrected chi connectivity index (χ0v) is 15.2. The summed E-state index contributed by atoms with van der Waals surface area (Å²) in [7, 11) is 1.68. The van der Waals surface area contributed by atoms with Crippen LogP contribution >= 0.6 is 0 Å². The fourth-order valence-electron chi connectivity index (χ4n) is 4.12. The molecule has 0 saturated heterocycles. The average Bonchev–Trinajstić information content (AvgIpc) is 3.44. The first-order valence-corrected chi connectivity index (χ1v) is 9.02. The van der Waals surface area contributed by atoms with Gasteiger partial charge in [-0.05, 0) is 31.7 Å². The molecule has 0 N–H and O–H groups in total. The lowest BCUT2D eigenvalue weighted by molar-refractivity contribution is -0.583. The Morgan fingerprint density at radius 3 is 2.81 bits per heavy atom. The lowest BCUT2D eigenvalue weighted by Crippen LogP contribution is -2.32. The predicted molar refractivity (Wildman–Crippen MR) is 96.8 cm³/mol. The maximum Gasteiger partial charge on any atom is 0.279 e. The largest absolute Gasteiger partial charge is 0.618 e. The molecule has 0 spiro atoms. The van der Waals surface area contributed by atoms with Crippen LogP contribution in [0.3, 0.4) is 0 Å². The van der Waals surface area contributed by atoms with Crippen LogP contribution in [0.5, 0.6) is 0 Å². The molecule has 0 radical (unpaired) electrons. The van der Waals surface area contributed by atoms with Crippen LogP contribution in [0.2, 0.25) is 0 Å². The van der Waals surface area contributed by atoms with Crippen molar-refractivity contribution in [2.24, 2.45) is 0 Å². The van der Waals surface area contributed by atoms with Gasteiger partial charge in [-0.25, -0.2) is 4.98 Å². The Bertz CT molecular complexity index is 1160. The number of methoxy groups -OCH3 is 1. The van der Waals surface area contributed by atoms with Gasteiger partial charge in [0.25, 0.3) is 5.89 Å².